The monoisotopic (exact) mass is 585 g/mol. The lowest BCUT2D eigenvalue weighted by molar-refractivity contribution is -0.143. The summed E-state index contributed by atoms with van der Waals surface area (Å²) in [5.74, 6) is -1.42. The number of rotatable bonds is 5. The molecule has 1 N–H and O–H groups in total. The van der Waals surface area contributed by atoms with Crippen LogP contribution in [0.1, 0.15) is 73.8 Å². The van der Waals surface area contributed by atoms with E-state index in [0.29, 0.717) is 55.5 Å². The van der Waals surface area contributed by atoms with Gasteiger partial charge in [-0.05, 0) is 80.5 Å². The fraction of sp³-hybridized carbons (Fsp3) is 0.500. The van der Waals surface area contributed by atoms with Gasteiger partial charge in [0.1, 0.15) is 12.0 Å². The van der Waals surface area contributed by atoms with Crippen molar-refractivity contribution in [1.82, 2.24) is 4.90 Å². The van der Waals surface area contributed by atoms with Crippen molar-refractivity contribution in [1.29, 1.82) is 0 Å². The maximum absolute atomic E-state index is 13.8. The summed E-state index contributed by atoms with van der Waals surface area (Å²) in [7, 11) is 0. The predicted molar refractivity (Wildman–Crippen MR) is 135 cm³/mol. The molecule has 1 aliphatic heterocycles. The summed E-state index contributed by atoms with van der Waals surface area (Å²) in [6.07, 6.45) is -10.9. The van der Waals surface area contributed by atoms with E-state index in [1.807, 2.05) is 4.90 Å². The first-order chi connectivity index (χ1) is 19.1. The highest BCUT2D eigenvalue weighted by atomic mass is 19.4. The molecule has 6 atom stereocenters. The van der Waals surface area contributed by atoms with Crippen LogP contribution in [-0.2, 0) is 21.9 Å². The molecule has 0 aromatic heterocycles. The van der Waals surface area contributed by atoms with E-state index >= 15 is 0 Å². The van der Waals surface area contributed by atoms with E-state index in [1.54, 1.807) is 19.1 Å². The summed E-state index contributed by atoms with van der Waals surface area (Å²) in [6, 6.07) is 7.07. The largest absolute Gasteiger partial charge is 0.416 e. The molecule has 1 saturated heterocycles. The lowest BCUT2D eigenvalue weighted by Crippen LogP contribution is -2.42. The predicted octanol–water partition coefficient (Wildman–Crippen LogP) is 7.39. The van der Waals surface area contributed by atoms with Gasteiger partial charge in [0, 0.05) is 36.1 Å². The van der Waals surface area contributed by atoms with Crippen LogP contribution in [0.15, 0.2) is 53.7 Å². The molecule has 1 heterocycles. The number of fused-ring (bicyclic) bond motifs is 1. The first kappa shape index (κ1) is 29.6. The smallest absolute Gasteiger partial charge is 0.373 e. The van der Waals surface area contributed by atoms with Crippen LogP contribution in [0.4, 0.5) is 30.7 Å². The Morgan fingerprint density at radius 2 is 1.56 bits per heavy atom. The Balaban J connectivity index is 1.49. The number of aliphatic hydroxyl groups excluding tert-OH is 1. The summed E-state index contributed by atoms with van der Waals surface area (Å²) in [4.78, 5) is 14.0. The second kappa shape index (κ2) is 10.7. The molecule has 1 unspecified atom stereocenters. The molecule has 222 valence electrons. The zero-order valence-corrected chi connectivity index (χ0v) is 22.4. The van der Waals surface area contributed by atoms with Gasteiger partial charge in [0.2, 0.25) is 0 Å². The van der Waals surface area contributed by atoms with Crippen LogP contribution in [0, 0.1) is 17.7 Å². The van der Waals surface area contributed by atoms with Crippen LogP contribution in [0.25, 0.3) is 0 Å². The third kappa shape index (κ3) is 5.75. The zero-order valence-electron chi connectivity index (χ0n) is 22.4. The third-order valence-electron chi connectivity index (χ3n) is 8.78. The number of Topliss-reactive ketones (excluding diaryl/α,β-unsaturated/α-hetero) is 1. The van der Waals surface area contributed by atoms with Crippen molar-refractivity contribution in [2.75, 3.05) is 6.54 Å². The fourth-order valence-corrected chi connectivity index (χ4v) is 6.73. The summed E-state index contributed by atoms with van der Waals surface area (Å²) < 4.78 is 101. The first-order valence-corrected chi connectivity index (χ1v) is 13.5. The highest BCUT2D eigenvalue weighted by molar-refractivity contribution is 5.97. The molecule has 3 aliphatic rings. The van der Waals surface area contributed by atoms with Crippen molar-refractivity contribution in [2.24, 2.45) is 11.8 Å². The van der Waals surface area contributed by atoms with Crippen molar-refractivity contribution in [3.63, 3.8) is 0 Å². The lowest BCUT2D eigenvalue weighted by atomic mass is 9.68. The SMILES string of the molecule is CC1=C(N2C[C@H]3CC[C@H](O[C@H](C)c4cc(C(F)(F)F)cc(C(F)(F)F)c4)[C@@H](c4ccc(F)cc4)[C@@H]3C2O)CCC1=O. The molecule has 0 bridgehead atoms. The number of ether oxygens (including phenoxy) is 1. The van der Waals surface area contributed by atoms with Crippen molar-refractivity contribution in [2.45, 2.75) is 76.2 Å². The minimum atomic E-state index is -4.99. The quantitative estimate of drug-likeness (QED) is 0.372. The molecule has 0 spiro atoms. The summed E-state index contributed by atoms with van der Waals surface area (Å²) in [5.41, 5.74) is -1.09. The molecular formula is C30H30F7NO3. The number of aliphatic hydroxyl groups is 1. The van der Waals surface area contributed by atoms with E-state index in [0.717, 1.165) is 5.70 Å². The number of ketones is 1. The van der Waals surface area contributed by atoms with Gasteiger partial charge >= 0.3 is 12.4 Å². The Morgan fingerprint density at radius 1 is 0.951 bits per heavy atom. The van der Waals surface area contributed by atoms with Crippen LogP contribution < -0.4 is 0 Å². The standard InChI is InChI=1S/C30H30F7NO3/c1-15-23(8-9-24(15)39)38-14-18-5-10-25(26(27(18)28(38)40)17-3-6-22(31)7-4-17)41-16(2)19-11-20(29(32,33)34)13-21(12-19)30(35,36)37/h3-4,6-7,11-13,16,18,25-28,40H,5,8-10,14H2,1-2H3/t16-,18-,25+,26-,27-,28?/m1/s1. The van der Waals surface area contributed by atoms with Crippen LogP contribution in [-0.4, -0.2) is 34.7 Å². The molecule has 2 aromatic carbocycles. The van der Waals surface area contributed by atoms with Gasteiger partial charge in [-0.2, -0.15) is 26.3 Å². The van der Waals surface area contributed by atoms with Crippen LogP contribution >= 0.6 is 0 Å². The van der Waals surface area contributed by atoms with E-state index in [2.05, 4.69) is 0 Å². The normalized spacial score (nSPS) is 27.9. The van der Waals surface area contributed by atoms with Crippen LogP contribution in [0.5, 0.6) is 0 Å². The van der Waals surface area contributed by atoms with E-state index < -0.39 is 59.6 Å². The maximum atomic E-state index is 13.8. The average Bonchev–Trinajstić information content (AvgIpc) is 3.41. The lowest BCUT2D eigenvalue weighted by Gasteiger charge is -2.42. The molecule has 2 aromatic rings. The average molecular weight is 586 g/mol. The van der Waals surface area contributed by atoms with Crippen molar-refractivity contribution < 1.29 is 45.4 Å². The van der Waals surface area contributed by atoms with E-state index in [1.165, 1.54) is 19.1 Å². The van der Waals surface area contributed by atoms with E-state index in [9.17, 15) is 40.6 Å². The first-order valence-electron chi connectivity index (χ1n) is 13.5. The molecule has 0 amide bonds. The highest BCUT2D eigenvalue weighted by Crippen LogP contribution is 2.51. The number of halogens is 7. The van der Waals surface area contributed by atoms with Crippen LogP contribution in [0.2, 0.25) is 0 Å². The molecule has 1 saturated carbocycles. The van der Waals surface area contributed by atoms with E-state index in [-0.39, 0.29) is 23.3 Å². The number of hydrogen-bond acceptors (Lipinski definition) is 4. The molecule has 2 aliphatic carbocycles. The molecule has 5 rings (SSSR count). The van der Waals surface area contributed by atoms with Crippen LogP contribution in [0.3, 0.4) is 0 Å². The molecule has 0 radical (unpaired) electrons. The minimum absolute atomic E-state index is 0.0170. The van der Waals surface area contributed by atoms with E-state index in [4.69, 9.17) is 4.74 Å². The highest BCUT2D eigenvalue weighted by Gasteiger charge is 2.52. The van der Waals surface area contributed by atoms with Gasteiger partial charge in [-0.25, -0.2) is 4.39 Å². The number of carbonyl (C=O) groups excluding carboxylic acids is 1. The number of nitrogens with zero attached hydrogens (tertiary/aromatic N) is 1. The topological polar surface area (TPSA) is 49.8 Å². The molecule has 4 nitrogen and oxygen atoms in total. The second-order valence-corrected chi connectivity index (χ2v) is 11.2. The van der Waals surface area contributed by atoms with Gasteiger partial charge in [0.25, 0.3) is 0 Å². The van der Waals surface area contributed by atoms with Crippen molar-refractivity contribution in [3.8, 4) is 0 Å². The second-order valence-electron chi connectivity index (χ2n) is 11.2. The number of carbonyl (C=O) groups is 1. The number of hydrogen-bond donors (Lipinski definition) is 1. The number of alkyl halides is 6. The Hall–Kier alpha value is -2.92. The summed E-state index contributed by atoms with van der Waals surface area (Å²) in [6.45, 7) is 3.63. The molecule has 2 fully saturated rings. The Labute approximate surface area is 232 Å². The van der Waals surface area contributed by atoms with Gasteiger partial charge in [-0.15, -0.1) is 0 Å². The Kier molecular flexibility index (Phi) is 7.74. The third-order valence-corrected chi connectivity index (χ3v) is 8.78. The van der Waals surface area contributed by atoms with Gasteiger partial charge < -0.3 is 14.7 Å². The summed E-state index contributed by atoms with van der Waals surface area (Å²) in [5, 5.41) is 11.6. The maximum Gasteiger partial charge on any atom is 0.416 e. The Bertz CT molecular complexity index is 1300. The van der Waals surface area contributed by atoms with Crippen molar-refractivity contribution in [3.05, 3.63) is 81.8 Å². The number of allylic oxidation sites excluding steroid dienone is 2. The van der Waals surface area contributed by atoms with Gasteiger partial charge in [-0.1, -0.05) is 12.1 Å². The number of benzene rings is 2. The molecule has 11 heteroatoms. The summed E-state index contributed by atoms with van der Waals surface area (Å²) >= 11 is 0. The number of likely N-dealkylation sites (tertiary alicyclic amines) is 1. The van der Waals surface area contributed by atoms with Gasteiger partial charge in [0.15, 0.2) is 5.78 Å². The minimum Gasteiger partial charge on any atom is -0.373 e. The zero-order chi connectivity index (χ0) is 29.9. The van der Waals surface area contributed by atoms with Gasteiger partial charge in [0.05, 0.1) is 23.3 Å². The fourth-order valence-electron chi connectivity index (χ4n) is 6.73. The Morgan fingerprint density at radius 3 is 2.10 bits per heavy atom. The molecular weight excluding hydrogens is 555 g/mol. The van der Waals surface area contributed by atoms with Crippen molar-refractivity contribution >= 4 is 5.78 Å². The molecule has 41 heavy (non-hydrogen) atoms. The van der Waals surface area contributed by atoms with Gasteiger partial charge in [-0.3, -0.25) is 4.79 Å².